The maximum Gasteiger partial charge on any atom is 0.226 e. The minimum absolute atomic E-state index is 0.112. The van der Waals surface area contributed by atoms with Crippen molar-refractivity contribution < 1.29 is 9.13 Å². The molecule has 3 heterocycles. The molecule has 1 N–H and O–H groups in total. The van der Waals surface area contributed by atoms with Crippen molar-refractivity contribution in [1.29, 1.82) is 0 Å². The molecule has 0 saturated carbocycles. The lowest BCUT2D eigenvalue weighted by atomic mass is 10.1. The number of nitrogens with one attached hydrogen (secondary N) is 1. The Bertz CT molecular complexity index is 871. The molecule has 134 valence electrons. The molecule has 7 heteroatoms. The van der Waals surface area contributed by atoms with Crippen molar-refractivity contribution in [3.63, 3.8) is 0 Å². The van der Waals surface area contributed by atoms with E-state index < -0.39 is 0 Å². The van der Waals surface area contributed by atoms with Gasteiger partial charge in [-0.3, -0.25) is 0 Å². The summed E-state index contributed by atoms with van der Waals surface area (Å²) in [6, 6.07) is 6.31. The minimum Gasteiger partial charge on any atom is -0.372 e. The van der Waals surface area contributed by atoms with Crippen LogP contribution in [0, 0.1) is 5.82 Å². The first kappa shape index (κ1) is 16.7. The second-order valence-corrected chi connectivity index (χ2v) is 6.54. The fourth-order valence-electron chi connectivity index (χ4n) is 3.28. The third kappa shape index (κ3) is 3.30. The fraction of sp³-hybridized carbons (Fsp3) is 0.316. The number of morpholine rings is 1. The van der Waals surface area contributed by atoms with Crippen molar-refractivity contribution in [2.45, 2.75) is 26.1 Å². The fourth-order valence-corrected chi connectivity index (χ4v) is 3.28. The van der Waals surface area contributed by atoms with E-state index in [9.17, 15) is 4.39 Å². The average Bonchev–Trinajstić information content (AvgIpc) is 3.15. The lowest BCUT2D eigenvalue weighted by molar-refractivity contribution is -0.00571. The number of nitrogens with zero attached hydrogens (tertiary/aromatic N) is 4. The number of benzene rings is 1. The molecule has 0 unspecified atom stereocenters. The molecule has 1 fully saturated rings. The maximum atomic E-state index is 13.4. The summed E-state index contributed by atoms with van der Waals surface area (Å²) in [6.07, 6.45) is 5.43. The van der Waals surface area contributed by atoms with Gasteiger partial charge in [0.25, 0.3) is 0 Å². The Morgan fingerprint density at radius 3 is 2.50 bits per heavy atom. The molecule has 2 atom stereocenters. The number of ether oxygens (including phenoxy) is 1. The summed E-state index contributed by atoms with van der Waals surface area (Å²) < 4.78 is 19.2. The average molecular weight is 353 g/mol. The van der Waals surface area contributed by atoms with Crippen LogP contribution < -0.4 is 4.90 Å². The molecule has 4 rings (SSSR count). The zero-order chi connectivity index (χ0) is 18.1. The van der Waals surface area contributed by atoms with Crippen LogP contribution in [0.1, 0.15) is 13.8 Å². The highest BCUT2D eigenvalue weighted by molar-refractivity contribution is 5.77. The Morgan fingerprint density at radius 2 is 1.85 bits per heavy atom. The van der Waals surface area contributed by atoms with E-state index in [0.717, 1.165) is 29.9 Å². The number of aromatic nitrogens is 4. The summed E-state index contributed by atoms with van der Waals surface area (Å²) in [5.74, 6) is 1.04. The molecule has 0 amide bonds. The minimum atomic E-state index is -0.279. The van der Waals surface area contributed by atoms with Crippen molar-refractivity contribution >= 4 is 5.95 Å². The van der Waals surface area contributed by atoms with Gasteiger partial charge in [-0.05, 0) is 38.1 Å². The van der Waals surface area contributed by atoms with E-state index in [1.807, 2.05) is 13.8 Å². The van der Waals surface area contributed by atoms with E-state index in [2.05, 4.69) is 19.9 Å². The van der Waals surface area contributed by atoms with E-state index in [0.29, 0.717) is 11.8 Å². The summed E-state index contributed by atoms with van der Waals surface area (Å²) in [5.41, 5.74) is 2.31. The second kappa shape index (κ2) is 6.84. The molecule has 1 aliphatic rings. The van der Waals surface area contributed by atoms with Gasteiger partial charge in [-0.25, -0.2) is 19.3 Å². The summed E-state index contributed by atoms with van der Waals surface area (Å²) >= 11 is 0. The lowest BCUT2D eigenvalue weighted by Gasteiger charge is -2.35. The summed E-state index contributed by atoms with van der Waals surface area (Å²) in [5, 5.41) is 0. The van der Waals surface area contributed by atoms with Gasteiger partial charge in [0, 0.05) is 37.2 Å². The number of aromatic amines is 1. The SMILES string of the molecule is C[C@H]1CN(c2ncc(-c3ncc[nH]3)c(-c3ccc(F)cc3)n2)C[C@H](C)O1. The van der Waals surface area contributed by atoms with Crippen LogP contribution in [0.3, 0.4) is 0 Å². The van der Waals surface area contributed by atoms with Gasteiger partial charge >= 0.3 is 0 Å². The molecule has 1 aromatic carbocycles. The second-order valence-electron chi connectivity index (χ2n) is 6.54. The Kier molecular flexibility index (Phi) is 4.38. The Balaban J connectivity index is 1.79. The van der Waals surface area contributed by atoms with Gasteiger partial charge in [0.2, 0.25) is 5.95 Å². The predicted octanol–water partition coefficient (Wildman–Crippen LogP) is 3.29. The van der Waals surface area contributed by atoms with Gasteiger partial charge in [-0.2, -0.15) is 0 Å². The van der Waals surface area contributed by atoms with Crippen molar-refractivity contribution in [1.82, 2.24) is 19.9 Å². The number of hydrogen-bond donors (Lipinski definition) is 1. The molecule has 3 aromatic rings. The molecule has 1 saturated heterocycles. The highest BCUT2D eigenvalue weighted by Crippen LogP contribution is 2.30. The van der Waals surface area contributed by atoms with Crippen LogP contribution in [0.15, 0.2) is 42.9 Å². The number of H-pyrrole nitrogens is 1. The first-order valence-electron chi connectivity index (χ1n) is 8.63. The normalized spacial score (nSPS) is 20.3. The van der Waals surface area contributed by atoms with E-state index >= 15 is 0 Å². The molecule has 26 heavy (non-hydrogen) atoms. The molecule has 0 aliphatic carbocycles. The van der Waals surface area contributed by atoms with Crippen LogP contribution in [-0.4, -0.2) is 45.2 Å². The zero-order valence-electron chi connectivity index (χ0n) is 14.7. The van der Waals surface area contributed by atoms with Gasteiger partial charge in [-0.15, -0.1) is 0 Å². The van der Waals surface area contributed by atoms with Crippen LogP contribution in [0.5, 0.6) is 0 Å². The van der Waals surface area contributed by atoms with E-state index in [1.165, 1.54) is 12.1 Å². The topological polar surface area (TPSA) is 66.9 Å². The Hall–Kier alpha value is -2.80. The third-order valence-corrected chi connectivity index (χ3v) is 4.35. The Morgan fingerprint density at radius 1 is 1.12 bits per heavy atom. The van der Waals surface area contributed by atoms with Crippen molar-refractivity contribution in [2.24, 2.45) is 0 Å². The highest BCUT2D eigenvalue weighted by atomic mass is 19.1. The number of halogens is 1. The van der Waals surface area contributed by atoms with Crippen LogP contribution in [-0.2, 0) is 4.74 Å². The molecule has 0 bridgehead atoms. The van der Waals surface area contributed by atoms with E-state index in [-0.39, 0.29) is 18.0 Å². The first-order valence-corrected chi connectivity index (χ1v) is 8.63. The van der Waals surface area contributed by atoms with Gasteiger partial charge in [-0.1, -0.05) is 0 Å². The van der Waals surface area contributed by atoms with Crippen molar-refractivity contribution in [3.8, 4) is 22.6 Å². The monoisotopic (exact) mass is 353 g/mol. The van der Waals surface area contributed by atoms with Gasteiger partial charge in [0.1, 0.15) is 11.6 Å². The van der Waals surface area contributed by atoms with Gasteiger partial charge < -0.3 is 14.6 Å². The summed E-state index contributed by atoms with van der Waals surface area (Å²) in [4.78, 5) is 18.9. The summed E-state index contributed by atoms with van der Waals surface area (Å²) in [6.45, 7) is 5.54. The number of hydrogen-bond acceptors (Lipinski definition) is 5. The number of rotatable bonds is 3. The zero-order valence-corrected chi connectivity index (χ0v) is 14.7. The largest absolute Gasteiger partial charge is 0.372 e. The van der Waals surface area contributed by atoms with Crippen LogP contribution >= 0.6 is 0 Å². The van der Waals surface area contributed by atoms with E-state index in [4.69, 9.17) is 9.72 Å². The molecule has 0 radical (unpaired) electrons. The molecule has 6 nitrogen and oxygen atoms in total. The number of anilines is 1. The lowest BCUT2D eigenvalue weighted by Crippen LogP contribution is -2.46. The molecule has 2 aromatic heterocycles. The maximum absolute atomic E-state index is 13.4. The molecular formula is C19H20FN5O. The first-order chi connectivity index (χ1) is 12.6. The third-order valence-electron chi connectivity index (χ3n) is 4.35. The van der Waals surface area contributed by atoms with E-state index in [1.54, 1.807) is 30.7 Å². The molecular weight excluding hydrogens is 333 g/mol. The quantitative estimate of drug-likeness (QED) is 0.783. The van der Waals surface area contributed by atoms with Gasteiger partial charge in [0.15, 0.2) is 0 Å². The van der Waals surface area contributed by atoms with Crippen LogP contribution in [0.4, 0.5) is 10.3 Å². The standard InChI is InChI=1S/C19H20FN5O/c1-12-10-25(11-13(2)26-12)19-23-9-16(18-21-7-8-22-18)17(24-19)14-3-5-15(20)6-4-14/h3-9,12-13H,10-11H2,1-2H3,(H,21,22)/t12-,13-/m0/s1. The molecule has 0 spiro atoms. The predicted molar refractivity (Wildman–Crippen MR) is 97.2 cm³/mol. The van der Waals surface area contributed by atoms with Crippen molar-refractivity contribution in [3.05, 3.63) is 48.7 Å². The van der Waals surface area contributed by atoms with Crippen LogP contribution in [0.25, 0.3) is 22.6 Å². The van der Waals surface area contributed by atoms with Crippen LogP contribution in [0.2, 0.25) is 0 Å². The van der Waals surface area contributed by atoms with Crippen molar-refractivity contribution in [2.75, 3.05) is 18.0 Å². The number of imidazole rings is 1. The van der Waals surface area contributed by atoms with Gasteiger partial charge in [0.05, 0.1) is 23.5 Å². The Labute approximate surface area is 151 Å². The smallest absolute Gasteiger partial charge is 0.226 e. The highest BCUT2D eigenvalue weighted by Gasteiger charge is 2.25. The summed E-state index contributed by atoms with van der Waals surface area (Å²) in [7, 11) is 0. The molecule has 1 aliphatic heterocycles.